The van der Waals surface area contributed by atoms with Crippen molar-refractivity contribution >= 4 is 33.3 Å². The van der Waals surface area contributed by atoms with Crippen molar-refractivity contribution in [3.8, 4) is 11.8 Å². The second kappa shape index (κ2) is 6.20. The summed E-state index contributed by atoms with van der Waals surface area (Å²) in [5.41, 5.74) is 1.67. The van der Waals surface area contributed by atoms with Crippen LogP contribution >= 0.6 is 15.9 Å². The fraction of sp³-hybridized carbons (Fsp3) is 0. The lowest BCUT2D eigenvalue weighted by atomic mass is 10.0. The molecule has 0 fully saturated rings. The Bertz CT molecular complexity index is 761. The van der Waals surface area contributed by atoms with E-state index in [0.717, 1.165) is 5.56 Å². The number of benzene rings is 2. The lowest BCUT2D eigenvalue weighted by Gasteiger charge is -2.02. The van der Waals surface area contributed by atoms with Crippen molar-refractivity contribution in [3.05, 3.63) is 68.2 Å². The van der Waals surface area contributed by atoms with Gasteiger partial charge in [0.05, 0.1) is 21.0 Å². The number of nitro groups is 1. The Labute approximate surface area is 129 Å². The Balaban J connectivity index is 2.39. The number of phenolic OH excluding ortho intramolecular Hbond substituents is 1. The highest BCUT2D eigenvalue weighted by atomic mass is 79.9. The molecule has 0 heterocycles. The molecule has 0 aliphatic carbocycles. The quantitative estimate of drug-likeness (QED) is 0.392. The SMILES string of the molecule is N#CC(=Cc1ccc(O)c(Br)c1)c1ccc([N+](=O)[O-])cc1. The number of aromatic hydroxyl groups is 1. The number of non-ortho nitro benzene ring substituents is 1. The van der Waals surface area contributed by atoms with Crippen LogP contribution in [0.2, 0.25) is 0 Å². The second-order valence-electron chi connectivity index (χ2n) is 4.18. The molecule has 2 aromatic rings. The molecule has 21 heavy (non-hydrogen) atoms. The summed E-state index contributed by atoms with van der Waals surface area (Å²) in [6.07, 6.45) is 1.64. The molecule has 104 valence electrons. The summed E-state index contributed by atoms with van der Waals surface area (Å²) in [4.78, 5) is 10.1. The van der Waals surface area contributed by atoms with Gasteiger partial charge in [-0.3, -0.25) is 10.1 Å². The fourth-order valence-corrected chi connectivity index (χ4v) is 2.12. The van der Waals surface area contributed by atoms with Gasteiger partial charge in [0, 0.05) is 12.1 Å². The highest BCUT2D eigenvalue weighted by molar-refractivity contribution is 9.10. The molecule has 0 unspecified atom stereocenters. The first-order chi connectivity index (χ1) is 10.0. The van der Waals surface area contributed by atoms with Crippen molar-refractivity contribution in [3.63, 3.8) is 0 Å². The van der Waals surface area contributed by atoms with Gasteiger partial charge < -0.3 is 5.11 Å². The van der Waals surface area contributed by atoms with Crippen molar-refractivity contribution < 1.29 is 10.0 Å². The fourth-order valence-electron chi connectivity index (χ4n) is 1.72. The maximum atomic E-state index is 10.6. The summed E-state index contributed by atoms with van der Waals surface area (Å²) >= 11 is 3.20. The molecule has 0 aliphatic heterocycles. The zero-order chi connectivity index (χ0) is 15.4. The van der Waals surface area contributed by atoms with Crippen LogP contribution in [0.4, 0.5) is 5.69 Å². The van der Waals surface area contributed by atoms with Crippen LogP contribution in [0.25, 0.3) is 11.6 Å². The first-order valence-corrected chi connectivity index (χ1v) is 6.65. The molecule has 2 aromatic carbocycles. The number of rotatable bonds is 3. The number of hydrogen-bond donors (Lipinski definition) is 1. The Kier molecular flexibility index (Phi) is 4.36. The normalized spacial score (nSPS) is 11.0. The van der Waals surface area contributed by atoms with Gasteiger partial charge in [-0.1, -0.05) is 6.07 Å². The molecule has 0 spiro atoms. The number of phenols is 1. The van der Waals surface area contributed by atoms with Crippen molar-refractivity contribution in [2.45, 2.75) is 0 Å². The topological polar surface area (TPSA) is 87.2 Å². The second-order valence-corrected chi connectivity index (χ2v) is 5.04. The number of allylic oxidation sites excluding steroid dienone is 1. The summed E-state index contributed by atoms with van der Waals surface area (Å²) in [5, 5.41) is 29.3. The van der Waals surface area contributed by atoms with E-state index in [2.05, 4.69) is 22.0 Å². The molecular weight excluding hydrogens is 336 g/mol. The van der Waals surface area contributed by atoms with Crippen LogP contribution in [-0.2, 0) is 0 Å². The van der Waals surface area contributed by atoms with Gasteiger partial charge in [-0.15, -0.1) is 0 Å². The van der Waals surface area contributed by atoms with E-state index in [1.165, 1.54) is 30.3 Å². The molecule has 0 saturated heterocycles. The molecule has 6 heteroatoms. The third-order valence-electron chi connectivity index (χ3n) is 2.79. The highest BCUT2D eigenvalue weighted by Crippen LogP contribution is 2.27. The largest absolute Gasteiger partial charge is 0.507 e. The monoisotopic (exact) mass is 344 g/mol. The van der Waals surface area contributed by atoms with Crippen LogP contribution in [0.3, 0.4) is 0 Å². The molecule has 1 N–H and O–H groups in total. The number of halogens is 1. The van der Waals surface area contributed by atoms with Gasteiger partial charge in [-0.05, 0) is 57.4 Å². The Morgan fingerprint density at radius 1 is 1.29 bits per heavy atom. The smallest absolute Gasteiger partial charge is 0.269 e. The van der Waals surface area contributed by atoms with Crippen LogP contribution < -0.4 is 0 Å². The van der Waals surface area contributed by atoms with E-state index in [1.807, 2.05) is 0 Å². The molecule has 0 radical (unpaired) electrons. The van der Waals surface area contributed by atoms with E-state index in [0.29, 0.717) is 15.6 Å². The number of nitriles is 1. The van der Waals surface area contributed by atoms with Gasteiger partial charge >= 0.3 is 0 Å². The van der Waals surface area contributed by atoms with Gasteiger partial charge in [0.2, 0.25) is 0 Å². The molecule has 2 rings (SSSR count). The highest BCUT2D eigenvalue weighted by Gasteiger charge is 2.07. The van der Waals surface area contributed by atoms with Gasteiger partial charge in [0.1, 0.15) is 5.75 Å². The van der Waals surface area contributed by atoms with E-state index in [4.69, 9.17) is 0 Å². The molecule has 0 amide bonds. The van der Waals surface area contributed by atoms with Crippen molar-refractivity contribution in [1.82, 2.24) is 0 Å². The lowest BCUT2D eigenvalue weighted by Crippen LogP contribution is -1.88. The van der Waals surface area contributed by atoms with E-state index in [9.17, 15) is 20.5 Å². The van der Waals surface area contributed by atoms with Crippen LogP contribution in [0, 0.1) is 21.4 Å². The summed E-state index contributed by atoms with van der Waals surface area (Å²) in [5.74, 6) is 0.112. The molecule has 0 aliphatic rings. The van der Waals surface area contributed by atoms with E-state index in [-0.39, 0.29) is 11.4 Å². The van der Waals surface area contributed by atoms with Crippen LogP contribution in [0.5, 0.6) is 5.75 Å². The van der Waals surface area contributed by atoms with E-state index >= 15 is 0 Å². The van der Waals surface area contributed by atoms with Crippen LogP contribution in [-0.4, -0.2) is 10.0 Å². The molecule has 0 aromatic heterocycles. The van der Waals surface area contributed by atoms with Crippen molar-refractivity contribution in [1.29, 1.82) is 5.26 Å². The molecule has 0 bridgehead atoms. The number of nitro benzene ring substituents is 1. The first-order valence-electron chi connectivity index (χ1n) is 5.86. The number of hydrogen-bond acceptors (Lipinski definition) is 4. The summed E-state index contributed by atoms with van der Waals surface area (Å²) in [6.45, 7) is 0. The van der Waals surface area contributed by atoms with E-state index in [1.54, 1.807) is 18.2 Å². The van der Waals surface area contributed by atoms with Gasteiger partial charge in [-0.2, -0.15) is 5.26 Å². The Morgan fingerprint density at radius 2 is 1.95 bits per heavy atom. The molecular formula is C15H9BrN2O3. The zero-order valence-electron chi connectivity index (χ0n) is 10.7. The third kappa shape index (κ3) is 3.46. The summed E-state index contributed by atoms with van der Waals surface area (Å²) < 4.78 is 0.525. The minimum absolute atomic E-state index is 0.0246. The maximum Gasteiger partial charge on any atom is 0.269 e. The number of nitrogens with zero attached hydrogens (tertiary/aromatic N) is 2. The predicted molar refractivity (Wildman–Crippen MR) is 82.4 cm³/mol. The molecule has 0 atom stereocenters. The third-order valence-corrected chi connectivity index (χ3v) is 3.43. The van der Waals surface area contributed by atoms with Crippen molar-refractivity contribution in [2.75, 3.05) is 0 Å². The summed E-state index contributed by atoms with van der Waals surface area (Å²) in [7, 11) is 0. The van der Waals surface area contributed by atoms with Crippen molar-refractivity contribution in [2.24, 2.45) is 0 Å². The first kappa shape index (κ1) is 14.8. The Hall–Kier alpha value is -2.65. The maximum absolute atomic E-state index is 10.6. The van der Waals surface area contributed by atoms with Crippen LogP contribution in [0.15, 0.2) is 46.9 Å². The lowest BCUT2D eigenvalue weighted by molar-refractivity contribution is -0.384. The predicted octanol–water partition coefficient (Wildman–Crippen LogP) is 4.13. The minimum Gasteiger partial charge on any atom is -0.507 e. The minimum atomic E-state index is -0.489. The van der Waals surface area contributed by atoms with E-state index < -0.39 is 4.92 Å². The molecule has 5 nitrogen and oxygen atoms in total. The standard InChI is InChI=1S/C15H9BrN2O3/c16-14-8-10(1-6-15(14)19)7-12(9-17)11-2-4-13(5-3-11)18(20)21/h1-8,19H. The Morgan fingerprint density at radius 3 is 2.48 bits per heavy atom. The van der Waals surface area contributed by atoms with Gasteiger partial charge in [0.15, 0.2) is 0 Å². The van der Waals surface area contributed by atoms with Crippen LogP contribution in [0.1, 0.15) is 11.1 Å². The van der Waals surface area contributed by atoms with Gasteiger partial charge in [0.25, 0.3) is 5.69 Å². The molecule has 0 saturated carbocycles. The average molecular weight is 345 g/mol. The van der Waals surface area contributed by atoms with Gasteiger partial charge in [-0.25, -0.2) is 0 Å². The zero-order valence-corrected chi connectivity index (χ0v) is 12.2. The summed E-state index contributed by atoms with van der Waals surface area (Å²) in [6, 6.07) is 12.7. The average Bonchev–Trinajstić information content (AvgIpc) is 2.48.